The molecule has 0 aliphatic heterocycles. The third kappa shape index (κ3) is 2.57. The van der Waals surface area contributed by atoms with Gasteiger partial charge in [0.05, 0.1) is 27.0 Å². The van der Waals surface area contributed by atoms with Crippen LogP contribution in [0, 0.1) is 17.0 Å². The second-order valence-electron chi connectivity index (χ2n) is 12.2. The van der Waals surface area contributed by atoms with Crippen molar-refractivity contribution in [2.45, 2.75) is 6.92 Å². The van der Waals surface area contributed by atoms with E-state index in [4.69, 9.17) is 9.97 Å². The molecule has 11 aromatic rings. The van der Waals surface area contributed by atoms with Gasteiger partial charge in [-0.25, -0.2) is 9.97 Å². The largest absolute Gasteiger partial charge is 0.271 e. The Hall–Kier alpha value is -6.48. The Balaban J connectivity index is 1.34. The zero-order valence-electron chi connectivity index (χ0n) is 24.0. The van der Waals surface area contributed by atoms with E-state index in [0.29, 0.717) is 33.1 Å². The van der Waals surface area contributed by atoms with Gasteiger partial charge in [-0.05, 0) is 87.3 Å². The first-order chi connectivity index (χ1) is 22.4. The van der Waals surface area contributed by atoms with Crippen molar-refractivity contribution < 1.29 is 4.92 Å². The third-order valence-corrected chi connectivity index (χ3v) is 9.91. The minimum Gasteiger partial charge on any atom is -0.268 e. The van der Waals surface area contributed by atoms with E-state index in [2.05, 4.69) is 18.2 Å². The van der Waals surface area contributed by atoms with E-state index in [1.54, 1.807) is 10.5 Å². The number of pyridine rings is 2. The van der Waals surface area contributed by atoms with Crippen LogP contribution in [-0.2, 0) is 0 Å². The number of non-ortho nitro benzene ring substituents is 1. The maximum atomic E-state index is 14.1. The van der Waals surface area contributed by atoms with Crippen molar-refractivity contribution in [3.8, 4) is 0 Å². The normalized spacial score (nSPS) is 12.8. The highest BCUT2D eigenvalue weighted by Crippen LogP contribution is 2.45. The number of fused-ring (bicyclic) bond motifs is 10. The molecule has 9 heteroatoms. The van der Waals surface area contributed by atoms with E-state index in [0.717, 1.165) is 70.5 Å². The van der Waals surface area contributed by atoms with Crippen LogP contribution in [0.3, 0.4) is 0 Å². The zero-order valence-corrected chi connectivity index (χ0v) is 24.0. The molecule has 0 atom stereocenters. The maximum absolute atomic E-state index is 14.1. The third-order valence-electron chi connectivity index (χ3n) is 9.91. The lowest BCUT2D eigenvalue weighted by atomic mass is 9.86. The highest BCUT2D eigenvalue weighted by Gasteiger charge is 2.24. The predicted molar refractivity (Wildman–Crippen MR) is 181 cm³/mol. The molecule has 0 saturated heterocycles. The number of nitrogens with zero attached hydrogens (tertiary/aromatic N) is 5. The molecule has 11 rings (SSSR count). The molecule has 0 radical (unpaired) electrons. The van der Waals surface area contributed by atoms with Crippen LogP contribution in [0.4, 0.5) is 5.69 Å². The summed E-state index contributed by atoms with van der Waals surface area (Å²) in [5, 5.41) is 22.0. The van der Waals surface area contributed by atoms with Gasteiger partial charge in [-0.1, -0.05) is 30.3 Å². The van der Waals surface area contributed by atoms with Gasteiger partial charge in [-0.15, -0.1) is 0 Å². The summed E-state index contributed by atoms with van der Waals surface area (Å²) in [6, 6.07) is 26.3. The van der Waals surface area contributed by atoms with E-state index < -0.39 is 4.92 Å². The smallest absolute Gasteiger partial charge is 0.268 e. The quantitative estimate of drug-likeness (QED) is 0.0843. The van der Waals surface area contributed by atoms with Crippen molar-refractivity contribution in [2.24, 2.45) is 0 Å². The molecule has 9 nitrogen and oxygen atoms in total. The Morgan fingerprint density at radius 2 is 0.957 bits per heavy atom. The van der Waals surface area contributed by atoms with Crippen molar-refractivity contribution >= 4 is 104 Å². The fraction of sp³-hybridized carbons (Fsp3) is 0.0270. The molecule has 0 saturated carbocycles. The molecule has 214 valence electrons. The van der Waals surface area contributed by atoms with Crippen molar-refractivity contribution in [1.29, 1.82) is 0 Å². The lowest BCUT2D eigenvalue weighted by Crippen LogP contribution is -2.14. The Morgan fingerprint density at radius 3 is 1.46 bits per heavy atom. The van der Waals surface area contributed by atoms with Crippen LogP contribution < -0.4 is 11.1 Å². The Labute approximate surface area is 255 Å². The van der Waals surface area contributed by atoms with E-state index in [1.807, 2.05) is 55.5 Å². The van der Waals surface area contributed by atoms with Crippen LogP contribution >= 0.6 is 0 Å². The minimum absolute atomic E-state index is 0.0971. The number of aromatic nitrogens is 4. The number of nitro groups is 1. The highest BCUT2D eigenvalue weighted by molar-refractivity contribution is 6.40. The summed E-state index contributed by atoms with van der Waals surface area (Å²) in [5.41, 5.74) is 4.20. The molecule has 4 aromatic heterocycles. The number of rotatable bonds is 1. The van der Waals surface area contributed by atoms with Crippen molar-refractivity contribution in [3.63, 3.8) is 0 Å². The van der Waals surface area contributed by atoms with Gasteiger partial charge in [0.25, 0.3) is 16.8 Å². The topological polar surface area (TPSA) is 112 Å². The predicted octanol–water partition coefficient (Wildman–Crippen LogP) is 7.46. The van der Waals surface area contributed by atoms with Crippen LogP contribution in [0.1, 0.15) is 5.56 Å². The van der Waals surface area contributed by atoms with E-state index in [1.165, 1.54) is 16.5 Å². The first-order valence-electron chi connectivity index (χ1n) is 14.9. The fourth-order valence-electron chi connectivity index (χ4n) is 7.99. The lowest BCUT2D eigenvalue weighted by Gasteiger charge is -2.18. The molecule has 0 N–H and O–H groups in total. The molecule has 0 aliphatic rings. The van der Waals surface area contributed by atoms with Crippen LogP contribution in [-0.4, -0.2) is 23.7 Å². The van der Waals surface area contributed by atoms with Gasteiger partial charge in [0.1, 0.15) is 11.3 Å². The standard InChI is InChI=1S/C37H17N5O4/c1-16-2-12-26-28(14-16)40-34(38-26)22-8-4-18-21-7-11-25-33-23(35-39-27-13-3-17(42(45)46)15-29(27)41(35)37(25)44)9-5-19(31(21)33)20-6-10-24(36(40)43)32(22)30(18)20/h2-15H,1H3. The molecule has 0 amide bonds. The van der Waals surface area contributed by atoms with Gasteiger partial charge in [0, 0.05) is 44.5 Å². The molecular formula is C37H17N5O4. The monoisotopic (exact) mass is 595 g/mol. The lowest BCUT2D eigenvalue weighted by molar-refractivity contribution is -0.384. The number of imidazole rings is 2. The first kappa shape index (κ1) is 23.9. The summed E-state index contributed by atoms with van der Waals surface area (Å²) in [6.45, 7) is 2.01. The number of nitro benzene ring substituents is 1. The van der Waals surface area contributed by atoms with Gasteiger partial charge in [-0.2, -0.15) is 0 Å². The van der Waals surface area contributed by atoms with Crippen LogP contribution in [0.25, 0.3) is 98.0 Å². The molecule has 46 heavy (non-hydrogen) atoms. The molecule has 0 fully saturated rings. The van der Waals surface area contributed by atoms with Crippen molar-refractivity contribution in [2.75, 3.05) is 0 Å². The Bertz CT molecular complexity index is 3320. The van der Waals surface area contributed by atoms with Gasteiger partial charge in [-0.3, -0.25) is 28.5 Å². The molecule has 0 aliphatic carbocycles. The highest BCUT2D eigenvalue weighted by atomic mass is 16.6. The van der Waals surface area contributed by atoms with Crippen LogP contribution in [0.15, 0.2) is 94.5 Å². The average Bonchev–Trinajstić information content (AvgIpc) is 3.64. The van der Waals surface area contributed by atoms with Gasteiger partial charge < -0.3 is 0 Å². The average molecular weight is 596 g/mol. The summed E-state index contributed by atoms with van der Waals surface area (Å²) in [6.07, 6.45) is 0. The molecular weight excluding hydrogens is 578 g/mol. The SMILES string of the molecule is Cc1ccc2nc3c4ccc5c6ccc7c(=O)n8c9cc([N+](=O)[O-])ccc9nc8c8ccc(c9ccc(c(=O)n3c2c1)c4c59)c6c78. The minimum atomic E-state index is -0.468. The summed E-state index contributed by atoms with van der Waals surface area (Å²) in [5.74, 6) is 0. The maximum Gasteiger partial charge on any atom is 0.271 e. The number of aryl methyl sites for hydroxylation is 1. The Kier molecular flexibility index (Phi) is 3.95. The molecule has 0 unspecified atom stereocenters. The number of hydrogen-bond acceptors (Lipinski definition) is 6. The number of benzene rings is 7. The summed E-state index contributed by atoms with van der Waals surface area (Å²) in [7, 11) is 0. The van der Waals surface area contributed by atoms with Crippen LogP contribution in [0.2, 0.25) is 0 Å². The summed E-state index contributed by atoms with van der Waals surface area (Å²) >= 11 is 0. The summed E-state index contributed by atoms with van der Waals surface area (Å²) < 4.78 is 3.22. The molecule has 0 spiro atoms. The fourth-order valence-corrected chi connectivity index (χ4v) is 7.99. The van der Waals surface area contributed by atoms with Gasteiger partial charge in [0.15, 0.2) is 0 Å². The van der Waals surface area contributed by atoms with E-state index >= 15 is 0 Å². The zero-order chi connectivity index (χ0) is 30.7. The van der Waals surface area contributed by atoms with E-state index in [-0.39, 0.29) is 16.8 Å². The van der Waals surface area contributed by atoms with E-state index in [9.17, 15) is 19.7 Å². The molecule has 4 heterocycles. The molecule has 0 bridgehead atoms. The first-order valence-corrected chi connectivity index (χ1v) is 14.9. The second kappa shape index (κ2) is 7.59. The van der Waals surface area contributed by atoms with Crippen LogP contribution in [0.5, 0.6) is 0 Å². The van der Waals surface area contributed by atoms with Gasteiger partial charge in [0.2, 0.25) is 0 Å². The second-order valence-corrected chi connectivity index (χ2v) is 12.2. The summed E-state index contributed by atoms with van der Waals surface area (Å²) in [4.78, 5) is 49.0. The van der Waals surface area contributed by atoms with Gasteiger partial charge >= 0.3 is 0 Å². The van der Waals surface area contributed by atoms with Crippen molar-refractivity contribution in [3.05, 3.63) is 121 Å². The number of hydrogen-bond donors (Lipinski definition) is 0. The van der Waals surface area contributed by atoms with Crippen molar-refractivity contribution in [1.82, 2.24) is 18.8 Å². The molecule has 7 aromatic carbocycles. The Morgan fingerprint density at radius 1 is 0.543 bits per heavy atom.